The number of hydrogen-bond donors (Lipinski definition) is 1. The van der Waals surface area contributed by atoms with Gasteiger partial charge in [-0.05, 0) is 49.7 Å². The molecule has 1 aliphatic heterocycles. The summed E-state index contributed by atoms with van der Waals surface area (Å²) in [6, 6.07) is 15.4. The molecule has 0 unspecified atom stereocenters. The molecule has 0 aliphatic carbocycles. The van der Waals surface area contributed by atoms with Gasteiger partial charge in [-0.1, -0.05) is 41.9 Å². The Bertz CT molecular complexity index is 681. The molecule has 23 heavy (non-hydrogen) atoms. The number of nitrogens with zero attached hydrogens (tertiary/aromatic N) is 2. The maximum absolute atomic E-state index is 9.83. The zero-order valence-corrected chi connectivity index (χ0v) is 13.8. The lowest BCUT2D eigenvalue weighted by atomic mass is 10.1. The van der Waals surface area contributed by atoms with Crippen molar-refractivity contribution in [1.29, 1.82) is 0 Å². The fourth-order valence-corrected chi connectivity index (χ4v) is 3.32. The van der Waals surface area contributed by atoms with Gasteiger partial charge in [-0.15, -0.1) is 0 Å². The molecule has 1 aliphatic rings. The minimum absolute atomic E-state index is 0.188. The molecule has 0 spiro atoms. The van der Waals surface area contributed by atoms with Crippen molar-refractivity contribution < 1.29 is 5.11 Å². The fraction of sp³-hybridized carbons (Fsp3) is 0.316. The molecule has 4 heteroatoms. The van der Waals surface area contributed by atoms with Crippen LogP contribution >= 0.6 is 11.6 Å². The number of phenolic OH excluding ortho intramolecular Hbond substituents is 1. The van der Waals surface area contributed by atoms with Crippen LogP contribution in [0.1, 0.15) is 30.0 Å². The molecule has 2 aromatic rings. The zero-order chi connectivity index (χ0) is 16.1. The SMILES string of the molecule is Oc1ccccc1C=NC[C@H](c1ccccc1Cl)N1CCCC1. The van der Waals surface area contributed by atoms with Crippen LogP contribution in [0.15, 0.2) is 53.5 Å². The van der Waals surface area contributed by atoms with E-state index in [2.05, 4.69) is 16.0 Å². The van der Waals surface area contributed by atoms with Crippen LogP contribution in [0.3, 0.4) is 0 Å². The average Bonchev–Trinajstić information content (AvgIpc) is 3.08. The first-order chi connectivity index (χ1) is 11.3. The van der Waals surface area contributed by atoms with Gasteiger partial charge >= 0.3 is 0 Å². The Hall–Kier alpha value is -1.84. The molecular formula is C19H21ClN2O. The third-order valence-electron chi connectivity index (χ3n) is 4.29. The van der Waals surface area contributed by atoms with E-state index in [1.165, 1.54) is 12.8 Å². The van der Waals surface area contributed by atoms with Crippen molar-refractivity contribution in [3.8, 4) is 5.75 Å². The van der Waals surface area contributed by atoms with Gasteiger partial charge in [0.05, 0.1) is 12.6 Å². The van der Waals surface area contributed by atoms with Crippen molar-refractivity contribution in [1.82, 2.24) is 4.90 Å². The predicted octanol–water partition coefficient (Wildman–Crippen LogP) is 4.30. The largest absolute Gasteiger partial charge is 0.507 e. The Labute approximate surface area is 142 Å². The Morgan fingerprint density at radius 1 is 1.09 bits per heavy atom. The van der Waals surface area contributed by atoms with Gasteiger partial charge in [-0.2, -0.15) is 0 Å². The highest BCUT2D eigenvalue weighted by Gasteiger charge is 2.24. The highest BCUT2D eigenvalue weighted by atomic mass is 35.5. The summed E-state index contributed by atoms with van der Waals surface area (Å²) in [5, 5.41) is 10.6. The topological polar surface area (TPSA) is 35.8 Å². The van der Waals surface area contributed by atoms with E-state index in [0.29, 0.717) is 6.54 Å². The van der Waals surface area contributed by atoms with E-state index in [-0.39, 0.29) is 11.8 Å². The number of likely N-dealkylation sites (tertiary alicyclic amines) is 1. The van der Waals surface area contributed by atoms with Crippen molar-refractivity contribution in [3.05, 3.63) is 64.7 Å². The molecule has 1 N–H and O–H groups in total. The lowest BCUT2D eigenvalue weighted by molar-refractivity contribution is 0.252. The molecule has 1 heterocycles. The van der Waals surface area contributed by atoms with Gasteiger partial charge in [-0.25, -0.2) is 0 Å². The summed E-state index contributed by atoms with van der Waals surface area (Å²) in [5.74, 6) is 0.256. The van der Waals surface area contributed by atoms with Crippen LogP contribution in [-0.2, 0) is 0 Å². The molecule has 1 atom stereocenters. The van der Waals surface area contributed by atoms with Crippen LogP contribution in [0.2, 0.25) is 5.02 Å². The number of aromatic hydroxyl groups is 1. The number of rotatable bonds is 5. The van der Waals surface area contributed by atoms with Crippen LogP contribution in [0.25, 0.3) is 0 Å². The molecule has 0 saturated carbocycles. The van der Waals surface area contributed by atoms with E-state index < -0.39 is 0 Å². The highest BCUT2D eigenvalue weighted by molar-refractivity contribution is 6.31. The number of halogens is 1. The van der Waals surface area contributed by atoms with Crippen molar-refractivity contribution in [2.75, 3.05) is 19.6 Å². The van der Waals surface area contributed by atoms with Crippen LogP contribution in [-0.4, -0.2) is 35.9 Å². The van der Waals surface area contributed by atoms with E-state index in [4.69, 9.17) is 11.6 Å². The lowest BCUT2D eigenvalue weighted by Gasteiger charge is -2.27. The maximum Gasteiger partial charge on any atom is 0.124 e. The monoisotopic (exact) mass is 328 g/mol. The number of phenols is 1. The number of aliphatic imine (C=N–C) groups is 1. The number of hydrogen-bond acceptors (Lipinski definition) is 3. The molecule has 1 fully saturated rings. The maximum atomic E-state index is 9.83. The predicted molar refractivity (Wildman–Crippen MR) is 95.6 cm³/mol. The lowest BCUT2D eigenvalue weighted by Crippen LogP contribution is -2.28. The zero-order valence-electron chi connectivity index (χ0n) is 13.0. The summed E-state index contributed by atoms with van der Waals surface area (Å²) in [6.45, 7) is 2.81. The summed E-state index contributed by atoms with van der Waals surface area (Å²) in [6.07, 6.45) is 4.20. The number of para-hydroxylation sites is 1. The first-order valence-electron chi connectivity index (χ1n) is 8.02. The third kappa shape index (κ3) is 3.92. The van der Waals surface area contributed by atoms with E-state index in [1.807, 2.05) is 36.4 Å². The number of benzene rings is 2. The van der Waals surface area contributed by atoms with Crippen LogP contribution in [0.4, 0.5) is 0 Å². The van der Waals surface area contributed by atoms with E-state index in [1.54, 1.807) is 12.3 Å². The van der Waals surface area contributed by atoms with Gasteiger partial charge in [0.2, 0.25) is 0 Å². The summed E-state index contributed by atoms with van der Waals surface area (Å²) >= 11 is 6.40. The Morgan fingerprint density at radius 3 is 2.52 bits per heavy atom. The molecule has 120 valence electrons. The van der Waals surface area contributed by atoms with Crippen molar-refractivity contribution >= 4 is 17.8 Å². The summed E-state index contributed by atoms with van der Waals surface area (Å²) in [7, 11) is 0. The average molecular weight is 329 g/mol. The van der Waals surface area contributed by atoms with Gasteiger partial charge in [0, 0.05) is 16.8 Å². The van der Waals surface area contributed by atoms with Crippen LogP contribution in [0, 0.1) is 0 Å². The van der Waals surface area contributed by atoms with Crippen molar-refractivity contribution in [2.24, 2.45) is 4.99 Å². The molecule has 0 radical (unpaired) electrons. The Morgan fingerprint density at radius 2 is 1.78 bits per heavy atom. The minimum atomic E-state index is 0.188. The Balaban J connectivity index is 1.79. The molecule has 2 aromatic carbocycles. The van der Waals surface area contributed by atoms with Crippen LogP contribution in [0.5, 0.6) is 5.75 Å². The second kappa shape index (κ2) is 7.62. The normalized spacial score (nSPS) is 16.9. The standard InChI is InChI=1S/C19H21ClN2O/c20-17-9-3-2-8-16(17)18(22-11-5-6-12-22)14-21-13-15-7-1-4-10-19(15)23/h1-4,7-10,13,18,23H,5-6,11-12,14H2/t18-/m1/s1. The van der Waals surface area contributed by atoms with E-state index >= 15 is 0 Å². The molecular weight excluding hydrogens is 308 g/mol. The van der Waals surface area contributed by atoms with Gasteiger partial charge in [0.1, 0.15) is 5.75 Å². The Kier molecular flexibility index (Phi) is 5.31. The second-order valence-electron chi connectivity index (χ2n) is 5.83. The molecule has 3 nitrogen and oxygen atoms in total. The highest BCUT2D eigenvalue weighted by Crippen LogP contribution is 2.30. The smallest absolute Gasteiger partial charge is 0.124 e. The molecule has 1 saturated heterocycles. The summed E-state index contributed by atoms with van der Waals surface area (Å²) < 4.78 is 0. The van der Waals surface area contributed by atoms with Gasteiger partial charge in [-0.3, -0.25) is 9.89 Å². The van der Waals surface area contributed by atoms with Crippen molar-refractivity contribution in [3.63, 3.8) is 0 Å². The summed E-state index contributed by atoms with van der Waals surface area (Å²) in [4.78, 5) is 7.03. The van der Waals surface area contributed by atoms with Gasteiger partial charge in [0.15, 0.2) is 0 Å². The minimum Gasteiger partial charge on any atom is -0.507 e. The van der Waals surface area contributed by atoms with Crippen molar-refractivity contribution in [2.45, 2.75) is 18.9 Å². The van der Waals surface area contributed by atoms with E-state index in [9.17, 15) is 5.11 Å². The quantitative estimate of drug-likeness (QED) is 0.830. The molecule has 0 aromatic heterocycles. The van der Waals surface area contributed by atoms with Gasteiger partial charge in [0.25, 0.3) is 0 Å². The first-order valence-corrected chi connectivity index (χ1v) is 8.40. The molecule has 0 amide bonds. The fourth-order valence-electron chi connectivity index (χ4n) is 3.06. The van der Waals surface area contributed by atoms with Gasteiger partial charge < -0.3 is 5.11 Å². The van der Waals surface area contributed by atoms with Crippen LogP contribution < -0.4 is 0 Å². The first kappa shape index (κ1) is 16.0. The van der Waals surface area contributed by atoms with E-state index in [0.717, 1.165) is 29.2 Å². The molecule has 3 rings (SSSR count). The third-order valence-corrected chi connectivity index (χ3v) is 4.64. The second-order valence-corrected chi connectivity index (χ2v) is 6.24. The molecule has 0 bridgehead atoms. The summed E-state index contributed by atoms with van der Waals surface area (Å²) in [5.41, 5.74) is 1.87.